The van der Waals surface area contributed by atoms with E-state index in [4.69, 9.17) is 4.74 Å². The Kier molecular flexibility index (Phi) is 7.63. The Bertz CT molecular complexity index is 805. The highest BCUT2D eigenvalue weighted by Crippen LogP contribution is 2.31. The normalized spacial score (nSPS) is 13.8. The van der Waals surface area contributed by atoms with Crippen LogP contribution in [-0.4, -0.2) is 42.4 Å². The average molecular weight is 416 g/mol. The highest BCUT2D eigenvalue weighted by molar-refractivity contribution is 5.70. The number of rotatable bonds is 9. The zero-order valence-corrected chi connectivity index (χ0v) is 16.2. The Balaban J connectivity index is 1.84. The molecule has 1 heterocycles. The van der Waals surface area contributed by atoms with Gasteiger partial charge >= 0.3 is 18.0 Å². The molecular weight excluding hydrogens is 393 g/mol. The summed E-state index contributed by atoms with van der Waals surface area (Å²) in [5.74, 6) is -1.39. The lowest BCUT2D eigenvalue weighted by molar-refractivity contribution is -0.157. The van der Waals surface area contributed by atoms with Crippen molar-refractivity contribution in [2.45, 2.75) is 38.6 Å². The number of benzene rings is 1. The molecule has 10 heteroatoms. The van der Waals surface area contributed by atoms with Gasteiger partial charge in [0, 0.05) is 12.6 Å². The maximum Gasteiger partial charge on any atom is 0.468 e. The lowest BCUT2D eigenvalue weighted by Gasteiger charge is -2.16. The van der Waals surface area contributed by atoms with E-state index in [0.29, 0.717) is 12.2 Å². The number of hydrogen-bond donors (Lipinski definition) is 2. The van der Waals surface area contributed by atoms with Crippen molar-refractivity contribution in [1.29, 1.82) is 0 Å². The Morgan fingerprint density at radius 2 is 1.97 bits per heavy atom. The summed E-state index contributed by atoms with van der Waals surface area (Å²) in [5.41, 5.74) is 0.839. The van der Waals surface area contributed by atoms with Crippen molar-refractivity contribution in [1.82, 2.24) is 10.3 Å². The number of oxazole rings is 1. The fourth-order valence-corrected chi connectivity index (χ4v) is 2.60. The van der Waals surface area contributed by atoms with Gasteiger partial charge in [-0.2, -0.15) is 13.2 Å². The van der Waals surface area contributed by atoms with Crippen LogP contribution in [0.3, 0.4) is 0 Å². The first kappa shape index (κ1) is 22.7. The maximum atomic E-state index is 12.7. The molecule has 0 saturated carbocycles. The van der Waals surface area contributed by atoms with Crippen LogP contribution in [0.1, 0.15) is 35.9 Å². The standard InChI is InChI=1S/C19H23F3N2O5/c1-11(8-13-4-6-14(7-5-13)28-10-16(26)27-3)23-9-15(25)17-12(2)29-18(24-17)19(20,21)22/h4-7,11,15,23,25H,8-10H2,1-3H3. The molecule has 0 spiro atoms. The summed E-state index contributed by atoms with van der Waals surface area (Å²) in [7, 11) is 1.28. The SMILES string of the molecule is COC(=O)COc1ccc(CC(C)NCC(O)c2nc(C(F)(F)F)oc2C)cc1. The molecule has 2 unspecified atom stereocenters. The molecule has 29 heavy (non-hydrogen) atoms. The number of nitrogens with zero attached hydrogens (tertiary/aromatic N) is 1. The molecule has 0 radical (unpaired) electrons. The van der Waals surface area contributed by atoms with Crippen molar-refractivity contribution >= 4 is 5.97 Å². The van der Waals surface area contributed by atoms with Crippen molar-refractivity contribution in [2.24, 2.45) is 0 Å². The molecule has 160 valence electrons. The number of hydrogen-bond acceptors (Lipinski definition) is 7. The molecule has 0 aliphatic rings. The molecule has 2 rings (SSSR count). The van der Waals surface area contributed by atoms with Crippen LogP contribution in [0.5, 0.6) is 5.75 Å². The van der Waals surface area contributed by atoms with E-state index in [1.165, 1.54) is 14.0 Å². The molecule has 7 nitrogen and oxygen atoms in total. The molecular formula is C19H23F3N2O5. The largest absolute Gasteiger partial charge is 0.482 e. The van der Waals surface area contributed by atoms with E-state index in [1.54, 1.807) is 12.1 Å². The number of methoxy groups -OCH3 is 1. The fraction of sp³-hybridized carbons (Fsp3) is 0.474. The first-order chi connectivity index (χ1) is 13.6. The highest BCUT2D eigenvalue weighted by Gasteiger charge is 2.38. The smallest absolute Gasteiger partial charge is 0.468 e. The van der Waals surface area contributed by atoms with E-state index in [9.17, 15) is 23.1 Å². The summed E-state index contributed by atoms with van der Waals surface area (Å²) in [6.45, 7) is 3.05. The Hall–Kier alpha value is -2.59. The average Bonchev–Trinajstić information content (AvgIpc) is 3.07. The van der Waals surface area contributed by atoms with E-state index >= 15 is 0 Å². The molecule has 0 aliphatic carbocycles. The van der Waals surface area contributed by atoms with Crippen LogP contribution >= 0.6 is 0 Å². The number of aromatic nitrogens is 1. The number of carbonyl (C=O) groups is 1. The fourth-order valence-electron chi connectivity index (χ4n) is 2.60. The predicted molar refractivity (Wildman–Crippen MR) is 96.3 cm³/mol. The first-order valence-electron chi connectivity index (χ1n) is 8.84. The number of halogens is 3. The lowest BCUT2D eigenvalue weighted by Crippen LogP contribution is -2.32. The minimum Gasteiger partial charge on any atom is -0.482 e. The van der Waals surface area contributed by atoms with Gasteiger partial charge < -0.3 is 24.3 Å². The van der Waals surface area contributed by atoms with E-state index in [2.05, 4.69) is 19.5 Å². The molecule has 0 amide bonds. The lowest BCUT2D eigenvalue weighted by atomic mass is 10.1. The number of carbonyl (C=O) groups excluding carboxylic acids is 1. The van der Waals surface area contributed by atoms with E-state index in [0.717, 1.165) is 5.56 Å². The van der Waals surface area contributed by atoms with Crippen molar-refractivity contribution in [2.75, 3.05) is 20.3 Å². The van der Waals surface area contributed by atoms with E-state index < -0.39 is 24.1 Å². The quantitative estimate of drug-likeness (QED) is 0.607. The zero-order valence-electron chi connectivity index (χ0n) is 16.2. The van der Waals surface area contributed by atoms with Crippen LogP contribution in [0, 0.1) is 6.92 Å². The van der Waals surface area contributed by atoms with Crippen molar-refractivity contribution in [3.8, 4) is 5.75 Å². The third-order valence-corrected chi connectivity index (χ3v) is 4.10. The van der Waals surface area contributed by atoms with Crippen LogP contribution in [0.25, 0.3) is 0 Å². The van der Waals surface area contributed by atoms with Gasteiger partial charge in [0.15, 0.2) is 6.61 Å². The summed E-state index contributed by atoms with van der Waals surface area (Å²) in [6, 6.07) is 7.03. The van der Waals surface area contributed by atoms with Crippen LogP contribution in [0.2, 0.25) is 0 Å². The number of ether oxygens (including phenoxy) is 2. The number of esters is 1. The summed E-state index contributed by atoms with van der Waals surface area (Å²) in [5, 5.41) is 13.2. The molecule has 1 aromatic carbocycles. The summed E-state index contributed by atoms with van der Waals surface area (Å²) in [4.78, 5) is 14.4. The molecule has 0 bridgehead atoms. The minimum atomic E-state index is -4.70. The third kappa shape index (κ3) is 6.75. The van der Waals surface area contributed by atoms with Gasteiger partial charge in [0.2, 0.25) is 0 Å². The van der Waals surface area contributed by atoms with Gasteiger partial charge in [-0.25, -0.2) is 9.78 Å². The number of aliphatic hydroxyl groups excluding tert-OH is 1. The maximum absolute atomic E-state index is 12.7. The molecule has 2 atom stereocenters. The van der Waals surface area contributed by atoms with Gasteiger partial charge in [-0.15, -0.1) is 0 Å². The highest BCUT2D eigenvalue weighted by atomic mass is 19.4. The van der Waals surface area contributed by atoms with E-state index in [-0.39, 0.29) is 30.6 Å². The second-order valence-corrected chi connectivity index (χ2v) is 6.50. The molecule has 2 aromatic rings. The number of nitrogens with one attached hydrogen (secondary N) is 1. The number of alkyl halides is 3. The Morgan fingerprint density at radius 3 is 2.52 bits per heavy atom. The van der Waals surface area contributed by atoms with Crippen LogP contribution in [0.4, 0.5) is 13.2 Å². The van der Waals surface area contributed by atoms with Gasteiger partial charge in [0.1, 0.15) is 23.3 Å². The molecule has 2 N–H and O–H groups in total. The summed E-state index contributed by atoms with van der Waals surface area (Å²) in [6.07, 6.45) is -5.32. The van der Waals surface area contributed by atoms with E-state index in [1.807, 2.05) is 19.1 Å². The van der Waals surface area contributed by atoms with Gasteiger partial charge in [-0.05, 0) is 38.0 Å². The second-order valence-electron chi connectivity index (χ2n) is 6.50. The molecule has 0 fully saturated rings. The third-order valence-electron chi connectivity index (χ3n) is 4.10. The molecule has 0 saturated heterocycles. The number of aliphatic hydroxyl groups is 1. The van der Waals surface area contributed by atoms with Gasteiger partial charge in [0.25, 0.3) is 0 Å². The Labute approximate surface area is 165 Å². The van der Waals surface area contributed by atoms with Crippen molar-refractivity contribution < 1.29 is 37.0 Å². The van der Waals surface area contributed by atoms with Crippen molar-refractivity contribution in [3.63, 3.8) is 0 Å². The van der Waals surface area contributed by atoms with Gasteiger partial charge in [0.05, 0.1) is 7.11 Å². The topological polar surface area (TPSA) is 93.8 Å². The van der Waals surface area contributed by atoms with Gasteiger partial charge in [-0.3, -0.25) is 0 Å². The first-order valence-corrected chi connectivity index (χ1v) is 8.84. The second kappa shape index (κ2) is 9.75. The monoisotopic (exact) mass is 416 g/mol. The predicted octanol–water partition coefficient (Wildman–Crippen LogP) is 2.81. The molecule has 0 aliphatic heterocycles. The summed E-state index contributed by atoms with van der Waals surface area (Å²) >= 11 is 0. The molecule has 1 aromatic heterocycles. The summed E-state index contributed by atoms with van der Waals surface area (Å²) < 4.78 is 52.3. The van der Waals surface area contributed by atoms with Gasteiger partial charge in [-0.1, -0.05) is 12.1 Å². The van der Waals surface area contributed by atoms with Crippen LogP contribution in [-0.2, 0) is 22.1 Å². The van der Waals surface area contributed by atoms with Crippen LogP contribution < -0.4 is 10.1 Å². The van der Waals surface area contributed by atoms with Crippen molar-refractivity contribution in [3.05, 3.63) is 47.2 Å². The van der Waals surface area contributed by atoms with Crippen LogP contribution in [0.15, 0.2) is 28.7 Å². The minimum absolute atomic E-state index is 0.0200. The zero-order chi connectivity index (χ0) is 21.6. The number of aryl methyl sites for hydroxylation is 1. The Morgan fingerprint density at radius 1 is 1.31 bits per heavy atom.